The maximum Gasteiger partial charge on any atom is 0.155 e. The summed E-state index contributed by atoms with van der Waals surface area (Å²) >= 11 is 1.12. The fraction of sp³-hybridized carbons (Fsp3) is 0.360. The van der Waals surface area contributed by atoms with E-state index < -0.39 is 35.4 Å². The van der Waals surface area contributed by atoms with Gasteiger partial charge in [0.15, 0.2) is 5.17 Å². The molecule has 2 N–H and O–H groups in total. The molecule has 2 aliphatic rings. The number of aliphatic imine (C=N–C) groups is 1. The predicted molar refractivity (Wildman–Crippen MR) is 124 cm³/mol. The molecule has 0 unspecified atom stereocenters. The molecule has 0 spiro atoms. The first kappa shape index (κ1) is 23.1. The highest BCUT2D eigenvalue weighted by Gasteiger charge is 2.74. The Morgan fingerprint density at radius 2 is 2.00 bits per heavy atom. The van der Waals surface area contributed by atoms with E-state index in [0.717, 1.165) is 11.8 Å². The molecule has 1 fully saturated rings. The number of hydrogen-bond acceptors (Lipinski definition) is 5. The number of ether oxygens (including phenoxy) is 1. The SMILES string of the molecule is CC#CCOc1ccc(C#Cc2ccc(F)c([C@@]3(CF)N=C(N)S[C@]4(CF)[C@H]3[C@@H]4C)c2)nc1. The van der Waals surface area contributed by atoms with E-state index in [-0.39, 0.29) is 23.3 Å². The molecule has 4 atom stereocenters. The number of alkyl halides is 2. The van der Waals surface area contributed by atoms with Crippen molar-refractivity contribution in [1.82, 2.24) is 4.98 Å². The lowest BCUT2D eigenvalue weighted by Gasteiger charge is -2.34. The molecular formula is C25H22F3N3OS. The summed E-state index contributed by atoms with van der Waals surface area (Å²) in [7, 11) is 0. The fourth-order valence-electron chi connectivity index (χ4n) is 4.50. The van der Waals surface area contributed by atoms with Gasteiger partial charge in [0, 0.05) is 17.0 Å². The number of rotatable bonds is 5. The van der Waals surface area contributed by atoms with Gasteiger partial charge >= 0.3 is 0 Å². The number of benzene rings is 1. The van der Waals surface area contributed by atoms with Crippen molar-refractivity contribution in [2.45, 2.75) is 24.1 Å². The molecule has 4 rings (SSSR count). The van der Waals surface area contributed by atoms with Gasteiger partial charge in [0.05, 0.1) is 10.9 Å². The minimum atomic E-state index is -1.57. The van der Waals surface area contributed by atoms with Crippen molar-refractivity contribution >= 4 is 16.9 Å². The molecule has 2 heterocycles. The molecule has 2 aromatic rings. The van der Waals surface area contributed by atoms with Crippen LogP contribution in [0.25, 0.3) is 0 Å². The molecule has 170 valence electrons. The van der Waals surface area contributed by atoms with Crippen LogP contribution < -0.4 is 10.5 Å². The van der Waals surface area contributed by atoms with E-state index in [1.807, 2.05) is 6.92 Å². The normalized spacial score (nSPS) is 27.2. The molecule has 8 heteroatoms. The van der Waals surface area contributed by atoms with Crippen LogP contribution in [0, 0.1) is 41.3 Å². The largest absolute Gasteiger partial charge is 0.479 e. The van der Waals surface area contributed by atoms with Gasteiger partial charge in [-0.25, -0.2) is 23.1 Å². The van der Waals surface area contributed by atoms with Crippen molar-refractivity contribution in [3.63, 3.8) is 0 Å². The summed E-state index contributed by atoms with van der Waals surface area (Å²) in [5.74, 6) is 10.6. The molecule has 1 aliphatic heterocycles. The Kier molecular flexibility index (Phi) is 6.32. The number of nitrogens with two attached hydrogens (primary N) is 1. The van der Waals surface area contributed by atoms with Crippen molar-refractivity contribution in [3.8, 4) is 29.4 Å². The summed E-state index contributed by atoms with van der Waals surface area (Å²) in [6.07, 6.45) is 1.54. The van der Waals surface area contributed by atoms with Crippen molar-refractivity contribution in [1.29, 1.82) is 0 Å². The summed E-state index contributed by atoms with van der Waals surface area (Å²) < 4.78 is 48.0. The molecular weight excluding hydrogens is 447 g/mol. The van der Waals surface area contributed by atoms with Crippen LogP contribution in [0.3, 0.4) is 0 Å². The Morgan fingerprint density at radius 3 is 2.67 bits per heavy atom. The lowest BCUT2D eigenvalue weighted by molar-refractivity contribution is 0.252. The van der Waals surface area contributed by atoms with E-state index in [1.165, 1.54) is 24.4 Å². The van der Waals surface area contributed by atoms with Crippen molar-refractivity contribution in [2.24, 2.45) is 22.6 Å². The summed E-state index contributed by atoms with van der Waals surface area (Å²) in [6, 6.07) is 7.63. The number of amidine groups is 1. The van der Waals surface area contributed by atoms with E-state index >= 15 is 0 Å². The second kappa shape index (κ2) is 9.03. The zero-order valence-electron chi connectivity index (χ0n) is 18.2. The summed E-state index contributed by atoms with van der Waals surface area (Å²) in [4.78, 5) is 8.55. The second-order valence-electron chi connectivity index (χ2n) is 8.00. The Bertz CT molecular complexity index is 1210. The molecule has 0 bridgehead atoms. The molecule has 1 aromatic carbocycles. The third kappa shape index (κ3) is 4.05. The predicted octanol–water partition coefficient (Wildman–Crippen LogP) is 4.22. The smallest absolute Gasteiger partial charge is 0.155 e. The van der Waals surface area contributed by atoms with Crippen LogP contribution in [0.4, 0.5) is 13.2 Å². The molecule has 4 nitrogen and oxygen atoms in total. The van der Waals surface area contributed by atoms with Crippen LogP contribution in [0.1, 0.15) is 30.7 Å². The molecule has 1 saturated carbocycles. The summed E-state index contributed by atoms with van der Waals surface area (Å²) in [5, 5.41) is 0.0678. The van der Waals surface area contributed by atoms with E-state index in [4.69, 9.17) is 10.5 Å². The first-order chi connectivity index (χ1) is 15.9. The Hall–Kier alpha value is -3.10. The molecule has 0 saturated heterocycles. The molecule has 33 heavy (non-hydrogen) atoms. The van der Waals surface area contributed by atoms with Gasteiger partial charge in [-0.05, 0) is 49.1 Å². The Morgan fingerprint density at radius 1 is 1.18 bits per heavy atom. The zero-order valence-corrected chi connectivity index (χ0v) is 19.0. The minimum Gasteiger partial charge on any atom is -0.479 e. The van der Waals surface area contributed by atoms with Crippen LogP contribution in [-0.2, 0) is 5.54 Å². The van der Waals surface area contributed by atoms with Crippen molar-refractivity contribution in [2.75, 3.05) is 20.0 Å². The third-order valence-electron chi connectivity index (χ3n) is 6.21. The zero-order chi connectivity index (χ0) is 23.6. The van der Waals surface area contributed by atoms with Gasteiger partial charge in [0.2, 0.25) is 0 Å². The Balaban J connectivity index is 1.64. The summed E-state index contributed by atoms with van der Waals surface area (Å²) in [5.41, 5.74) is 5.36. The molecule has 0 radical (unpaired) electrons. The number of aromatic nitrogens is 1. The third-order valence-corrected chi connectivity index (χ3v) is 7.63. The Labute approximate surface area is 195 Å². The monoisotopic (exact) mass is 469 g/mol. The van der Waals surface area contributed by atoms with Crippen LogP contribution >= 0.6 is 11.8 Å². The highest BCUT2D eigenvalue weighted by Crippen LogP contribution is 2.70. The topological polar surface area (TPSA) is 60.5 Å². The van der Waals surface area contributed by atoms with E-state index in [1.54, 1.807) is 19.1 Å². The standard InChI is InChI=1S/C25H22F3N3OS/c1-3-4-11-32-19-9-8-18(30-13-19)7-5-17-6-10-21(28)20(12-17)24(14-26)22-16(2)25(22,15-27)33-23(29)31-24/h6,8-10,12-13,16,22H,11,14-15H2,1-2H3,(H2,29,31)/t16-,22-,24+,25-/m0/s1. The molecule has 1 aliphatic carbocycles. The maximum atomic E-state index is 14.9. The van der Waals surface area contributed by atoms with E-state index in [9.17, 15) is 13.2 Å². The van der Waals surface area contributed by atoms with E-state index in [2.05, 4.69) is 33.7 Å². The number of thioether (sulfide) groups is 1. The van der Waals surface area contributed by atoms with Gasteiger partial charge in [0.25, 0.3) is 0 Å². The average molecular weight is 470 g/mol. The summed E-state index contributed by atoms with van der Waals surface area (Å²) in [6.45, 7) is 2.16. The number of halogens is 3. The lowest BCUT2D eigenvalue weighted by atomic mass is 9.83. The quantitative estimate of drug-likeness (QED) is 0.666. The highest BCUT2D eigenvalue weighted by molar-refractivity contribution is 8.15. The average Bonchev–Trinajstić information content (AvgIpc) is 3.43. The molecule has 1 aromatic heterocycles. The maximum absolute atomic E-state index is 14.9. The number of fused-ring (bicyclic) bond motifs is 1. The van der Waals surface area contributed by atoms with Crippen LogP contribution in [0.2, 0.25) is 0 Å². The first-order valence-electron chi connectivity index (χ1n) is 10.4. The second-order valence-corrected chi connectivity index (χ2v) is 9.39. The van der Waals surface area contributed by atoms with Crippen LogP contribution in [0.15, 0.2) is 41.5 Å². The number of hydrogen-bond donors (Lipinski definition) is 1. The number of nitrogens with zero attached hydrogens (tertiary/aromatic N) is 2. The molecule has 0 amide bonds. The first-order valence-corrected chi connectivity index (χ1v) is 11.2. The highest BCUT2D eigenvalue weighted by atomic mass is 32.2. The van der Waals surface area contributed by atoms with Crippen LogP contribution in [-0.4, -0.2) is 34.9 Å². The van der Waals surface area contributed by atoms with Gasteiger partial charge < -0.3 is 10.5 Å². The van der Waals surface area contributed by atoms with Gasteiger partial charge in [0.1, 0.15) is 42.8 Å². The number of pyridine rings is 1. The van der Waals surface area contributed by atoms with Gasteiger partial charge in [-0.15, -0.1) is 5.92 Å². The van der Waals surface area contributed by atoms with Crippen LogP contribution in [0.5, 0.6) is 5.75 Å². The minimum absolute atomic E-state index is 0.0426. The van der Waals surface area contributed by atoms with Gasteiger partial charge in [-0.3, -0.25) is 0 Å². The van der Waals surface area contributed by atoms with Gasteiger partial charge in [-0.1, -0.05) is 30.5 Å². The van der Waals surface area contributed by atoms with E-state index in [0.29, 0.717) is 17.0 Å². The lowest BCUT2D eigenvalue weighted by Crippen LogP contribution is -2.40. The fourth-order valence-corrected chi connectivity index (χ4v) is 5.94. The van der Waals surface area contributed by atoms with Crippen molar-refractivity contribution in [3.05, 3.63) is 59.2 Å². The van der Waals surface area contributed by atoms with Crippen molar-refractivity contribution < 1.29 is 17.9 Å². The van der Waals surface area contributed by atoms with Gasteiger partial charge in [-0.2, -0.15) is 0 Å².